The minimum atomic E-state index is -5.08. The molecule has 226 valence electrons. The van der Waals surface area contributed by atoms with Gasteiger partial charge in [0.05, 0.1) is 22.5 Å². The molecule has 0 unspecified atom stereocenters. The number of alkyl halides is 3. The Morgan fingerprint density at radius 3 is 2.44 bits per heavy atom. The van der Waals surface area contributed by atoms with Crippen molar-refractivity contribution in [1.82, 2.24) is 19.6 Å². The van der Waals surface area contributed by atoms with E-state index in [9.17, 15) is 26.4 Å². The number of hydrogen-bond acceptors (Lipinski definition) is 7. The van der Waals surface area contributed by atoms with E-state index in [4.69, 9.17) is 20.6 Å². The van der Waals surface area contributed by atoms with Crippen molar-refractivity contribution in [3.8, 4) is 11.3 Å². The Kier molecular flexibility index (Phi) is 10.6. The smallest absolute Gasteiger partial charge is 0.475 e. The van der Waals surface area contributed by atoms with Crippen LogP contribution in [0.25, 0.3) is 22.2 Å². The highest BCUT2D eigenvalue weighted by atomic mass is 32.2. The van der Waals surface area contributed by atoms with E-state index in [1.807, 2.05) is 17.6 Å². The van der Waals surface area contributed by atoms with E-state index < -0.39 is 28.1 Å². The fourth-order valence-electron chi connectivity index (χ4n) is 4.55. The minimum absolute atomic E-state index is 0.124. The minimum Gasteiger partial charge on any atom is -0.475 e. The number of amides is 1. The third-order valence-electron chi connectivity index (χ3n) is 6.66. The average Bonchev–Trinajstić information content (AvgIpc) is 3.55. The third-order valence-corrected chi connectivity index (χ3v) is 9.39. The van der Waals surface area contributed by atoms with Gasteiger partial charge < -0.3 is 21.1 Å². The van der Waals surface area contributed by atoms with E-state index in [1.54, 1.807) is 22.6 Å². The highest BCUT2D eigenvalue weighted by molar-refractivity contribution is 7.89. The number of H-pyrrole nitrogens is 1. The van der Waals surface area contributed by atoms with Crippen LogP contribution in [0.4, 0.5) is 13.2 Å². The Hall–Kier alpha value is -3.01. The molecule has 2 aromatic heterocycles. The number of hydrogen-bond donors (Lipinski definition) is 4. The molecule has 0 aliphatic carbocycles. The van der Waals surface area contributed by atoms with Crippen molar-refractivity contribution in [2.24, 2.45) is 11.7 Å². The fourth-order valence-corrected chi connectivity index (χ4v) is 6.46. The number of aromatic amines is 1. The van der Waals surface area contributed by atoms with Gasteiger partial charge in [0.15, 0.2) is 0 Å². The topological polar surface area (TPSA) is 158 Å². The molecule has 5 N–H and O–H groups in total. The van der Waals surface area contributed by atoms with Crippen molar-refractivity contribution in [3.63, 3.8) is 0 Å². The number of halogens is 3. The predicted octanol–water partition coefficient (Wildman–Crippen LogP) is 4.30. The maximum absolute atomic E-state index is 12.3. The van der Waals surface area contributed by atoms with Gasteiger partial charge in [-0.1, -0.05) is 13.8 Å². The number of nitrogens with one attached hydrogen (secondary N) is 2. The van der Waals surface area contributed by atoms with Crippen LogP contribution < -0.4 is 11.1 Å². The van der Waals surface area contributed by atoms with Gasteiger partial charge in [0, 0.05) is 42.2 Å². The molecule has 4 rings (SSSR count). The number of rotatable bonds is 9. The highest BCUT2D eigenvalue weighted by Gasteiger charge is 2.38. The Labute approximate surface area is 240 Å². The summed E-state index contributed by atoms with van der Waals surface area (Å²) in [5.41, 5.74) is 9.69. The molecule has 0 bridgehead atoms. The van der Waals surface area contributed by atoms with E-state index in [-0.39, 0.29) is 11.7 Å². The molecule has 0 spiro atoms. The van der Waals surface area contributed by atoms with Gasteiger partial charge in [-0.2, -0.15) is 13.2 Å². The number of primary amides is 1. The average molecular weight is 618 g/mol. The number of fused-ring (bicyclic) bond motifs is 1. The number of nitrogens with two attached hydrogens (primary N) is 1. The Morgan fingerprint density at radius 2 is 1.90 bits per heavy atom. The summed E-state index contributed by atoms with van der Waals surface area (Å²) in [5, 5.41) is 14.5. The van der Waals surface area contributed by atoms with Crippen LogP contribution in [-0.2, 0) is 21.4 Å². The van der Waals surface area contributed by atoms with E-state index >= 15 is 0 Å². The van der Waals surface area contributed by atoms with Gasteiger partial charge in [-0.3, -0.25) is 4.79 Å². The second kappa shape index (κ2) is 13.3. The number of carboxylic acids is 1. The van der Waals surface area contributed by atoms with Gasteiger partial charge in [0.2, 0.25) is 10.0 Å². The van der Waals surface area contributed by atoms with Crippen molar-refractivity contribution < 1.29 is 36.3 Å². The quantitative estimate of drug-likeness (QED) is 0.279. The number of sulfonamides is 1. The molecule has 1 saturated heterocycles. The first-order chi connectivity index (χ1) is 19.1. The SMILES string of the molecule is CCS(=O)(=O)N1CCC(c2c[nH]c3c(C(N)=O)cc(-c4csc(CNCC(C)C)n4)cc23)CC1.O=C(O)C(F)(F)F. The molecule has 0 saturated carbocycles. The summed E-state index contributed by atoms with van der Waals surface area (Å²) in [4.78, 5) is 29.2. The lowest BCUT2D eigenvalue weighted by Gasteiger charge is -2.31. The molecule has 1 aliphatic rings. The lowest BCUT2D eigenvalue weighted by Crippen LogP contribution is -2.38. The molecule has 3 aromatic rings. The normalized spacial score (nSPS) is 15.2. The van der Waals surface area contributed by atoms with E-state index in [0.717, 1.165) is 52.1 Å². The molecule has 10 nitrogen and oxygen atoms in total. The van der Waals surface area contributed by atoms with Gasteiger partial charge in [-0.25, -0.2) is 22.5 Å². The maximum Gasteiger partial charge on any atom is 0.490 e. The van der Waals surface area contributed by atoms with Crippen LogP contribution >= 0.6 is 11.3 Å². The first-order valence-corrected chi connectivity index (χ1v) is 15.5. The van der Waals surface area contributed by atoms with Crippen LogP contribution in [-0.4, -0.2) is 71.2 Å². The molecule has 15 heteroatoms. The zero-order valence-electron chi connectivity index (χ0n) is 22.9. The molecule has 1 aromatic carbocycles. The molecular formula is C26H34F3N5O5S2. The van der Waals surface area contributed by atoms with Crippen LogP contribution in [0.1, 0.15) is 60.5 Å². The summed E-state index contributed by atoms with van der Waals surface area (Å²) in [7, 11) is -3.17. The summed E-state index contributed by atoms with van der Waals surface area (Å²) in [5.74, 6) is -2.34. The fraction of sp³-hybridized carbons (Fsp3) is 0.500. The van der Waals surface area contributed by atoms with Crippen molar-refractivity contribution >= 4 is 44.1 Å². The second-order valence-corrected chi connectivity index (χ2v) is 13.3. The molecule has 41 heavy (non-hydrogen) atoms. The number of piperidine rings is 1. The summed E-state index contributed by atoms with van der Waals surface area (Å²) >= 11 is 1.59. The largest absolute Gasteiger partial charge is 0.490 e. The van der Waals surface area contributed by atoms with Gasteiger partial charge >= 0.3 is 12.1 Å². The Morgan fingerprint density at radius 1 is 1.27 bits per heavy atom. The molecule has 1 amide bonds. The van der Waals surface area contributed by atoms with Crippen molar-refractivity contribution in [2.75, 3.05) is 25.4 Å². The number of thiazole rings is 1. The first-order valence-electron chi connectivity index (χ1n) is 13.0. The molecule has 0 radical (unpaired) electrons. The number of aliphatic carboxylic acids is 1. The second-order valence-electron chi connectivity index (χ2n) is 10.1. The zero-order valence-corrected chi connectivity index (χ0v) is 24.5. The molecular weight excluding hydrogens is 583 g/mol. The van der Waals surface area contributed by atoms with Crippen molar-refractivity contribution in [3.05, 3.63) is 39.8 Å². The number of carboxylic acid groups (broad SMARTS) is 1. The molecule has 1 aliphatic heterocycles. The van der Waals surface area contributed by atoms with Crippen LogP contribution in [0, 0.1) is 5.92 Å². The summed E-state index contributed by atoms with van der Waals surface area (Å²) < 4.78 is 57.8. The van der Waals surface area contributed by atoms with Crippen LogP contribution in [0.3, 0.4) is 0 Å². The molecule has 1 fully saturated rings. The van der Waals surface area contributed by atoms with Gasteiger partial charge in [-0.05, 0) is 55.8 Å². The number of carbonyl (C=O) groups is 2. The Balaban J connectivity index is 0.000000587. The highest BCUT2D eigenvalue weighted by Crippen LogP contribution is 2.37. The van der Waals surface area contributed by atoms with Crippen molar-refractivity contribution in [1.29, 1.82) is 0 Å². The molecule has 3 heterocycles. The summed E-state index contributed by atoms with van der Waals surface area (Å²) in [6.45, 7) is 8.67. The number of nitrogens with zero attached hydrogens (tertiary/aromatic N) is 2. The van der Waals surface area contributed by atoms with E-state index in [1.165, 1.54) is 0 Å². The van der Waals surface area contributed by atoms with E-state index in [0.29, 0.717) is 31.1 Å². The first kappa shape index (κ1) is 32.5. The number of benzene rings is 1. The van der Waals surface area contributed by atoms with Crippen LogP contribution in [0.5, 0.6) is 0 Å². The number of aromatic nitrogens is 2. The molecule has 0 atom stereocenters. The van der Waals surface area contributed by atoms with Crippen LogP contribution in [0.2, 0.25) is 0 Å². The van der Waals surface area contributed by atoms with Crippen LogP contribution in [0.15, 0.2) is 23.7 Å². The number of carbonyl (C=O) groups excluding carboxylic acids is 1. The zero-order chi connectivity index (χ0) is 30.5. The lowest BCUT2D eigenvalue weighted by molar-refractivity contribution is -0.192. The van der Waals surface area contributed by atoms with Crippen molar-refractivity contribution in [2.45, 2.75) is 52.3 Å². The maximum atomic E-state index is 12.3. The van der Waals surface area contributed by atoms with E-state index in [2.05, 4.69) is 30.2 Å². The third kappa shape index (κ3) is 8.27. The van der Waals surface area contributed by atoms with Gasteiger partial charge in [0.25, 0.3) is 5.91 Å². The summed E-state index contributed by atoms with van der Waals surface area (Å²) in [6, 6.07) is 3.88. The predicted molar refractivity (Wildman–Crippen MR) is 151 cm³/mol. The van der Waals surface area contributed by atoms with Gasteiger partial charge in [0.1, 0.15) is 5.01 Å². The summed E-state index contributed by atoms with van der Waals surface area (Å²) in [6.07, 6.45) is -1.66. The lowest BCUT2D eigenvalue weighted by atomic mass is 9.89. The monoisotopic (exact) mass is 617 g/mol. The Bertz CT molecular complexity index is 1480. The van der Waals surface area contributed by atoms with Gasteiger partial charge in [-0.15, -0.1) is 11.3 Å². The standard InChI is InChI=1S/C24H33N5O3S2.C2HF3O2/c1-4-34(31,32)29-7-5-16(6-8-29)20-12-27-23-18(20)9-17(10-19(23)24(25)30)21-14-33-22(28-21)13-26-11-15(2)3;3-2(4,5)1(6)7/h9-10,12,14-16,26-27H,4-8,11,13H2,1-3H3,(H2,25,30);(H,6,7).